The van der Waals surface area contributed by atoms with Gasteiger partial charge in [0.15, 0.2) is 6.10 Å². The van der Waals surface area contributed by atoms with Crippen LogP contribution >= 0.6 is 0 Å². The SMILES string of the molecule is CN1C(=O)[C@H]2[C@@H](/C=C/c3ccccc3)N(c3ccccc3)O[C@H]2C1=O. The van der Waals surface area contributed by atoms with Gasteiger partial charge in [0, 0.05) is 7.05 Å². The zero-order valence-electron chi connectivity index (χ0n) is 13.8. The third-order valence-corrected chi connectivity index (χ3v) is 4.68. The van der Waals surface area contributed by atoms with E-state index in [4.69, 9.17) is 4.84 Å². The van der Waals surface area contributed by atoms with E-state index < -0.39 is 12.0 Å². The molecule has 5 heteroatoms. The normalized spacial score (nSPS) is 25.9. The maximum Gasteiger partial charge on any atom is 0.261 e. The molecule has 2 fully saturated rings. The molecule has 2 amide bonds. The number of benzene rings is 2. The molecule has 25 heavy (non-hydrogen) atoms. The number of nitrogens with zero attached hydrogens (tertiary/aromatic N) is 2. The van der Waals surface area contributed by atoms with E-state index in [9.17, 15) is 9.59 Å². The van der Waals surface area contributed by atoms with Gasteiger partial charge in [0.05, 0.1) is 11.7 Å². The first-order valence-corrected chi connectivity index (χ1v) is 8.22. The van der Waals surface area contributed by atoms with Crippen LogP contribution < -0.4 is 5.06 Å². The van der Waals surface area contributed by atoms with Crippen molar-refractivity contribution in [3.63, 3.8) is 0 Å². The average molecular weight is 334 g/mol. The number of likely N-dealkylation sites (tertiary alicyclic amines) is 1. The number of amides is 2. The fourth-order valence-electron chi connectivity index (χ4n) is 3.36. The van der Waals surface area contributed by atoms with E-state index in [0.717, 1.165) is 11.3 Å². The molecule has 0 aromatic heterocycles. The van der Waals surface area contributed by atoms with Gasteiger partial charge < -0.3 is 0 Å². The van der Waals surface area contributed by atoms with E-state index in [0.29, 0.717) is 0 Å². The zero-order chi connectivity index (χ0) is 17.4. The van der Waals surface area contributed by atoms with Crippen molar-refractivity contribution in [2.75, 3.05) is 12.1 Å². The van der Waals surface area contributed by atoms with Crippen molar-refractivity contribution < 1.29 is 14.4 Å². The van der Waals surface area contributed by atoms with Gasteiger partial charge in [0.1, 0.15) is 5.92 Å². The van der Waals surface area contributed by atoms with Gasteiger partial charge >= 0.3 is 0 Å². The summed E-state index contributed by atoms with van der Waals surface area (Å²) in [6, 6.07) is 19.0. The summed E-state index contributed by atoms with van der Waals surface area (Å²) in [7, 11) is 1.51. The maximum absolute atomic E-state index is 12.6. The third kappa shape index (κ3) is 2.62. The summed E-state index contributed by atoms with van der Waals surface area (Å²) >= 11 is 0. The molecule has 2 aromatic rings. The van der Waals surface area contributed by atoms with E-state index in [-0.39, 0.29) is 17.9 Å². The number of anilines is 1. The Kier molecular flexibility index (Phi) is 3.86. The maximum atomic E-state index is 12.6. The summed E-state index contributed by atoms with van der Waals surface area (Å²) in [5.74, 6) is -1.01. The second kappa shape index (κ2) is 6.18. The molecule has 126 valence electrons. The number of fused-ring (bicyclic) bond motifs is 1. The predicted molar refractivity (Wildman–Crippen MR) is 94.3 cm³/mol. The van der Waals surface area contributed by atoms with Crippen molar-refractivity contribution in [3.05, 3.63) is 72.3 Å². The topological polar surface area (TPSA) is 49.9 Å². The van der Waals surface area contributed by atoms with Crippen molar-refractivity contribution in [2.24, 2.45) is 5.92 Å². The van der Waals surface area contributed by atoms with Crippen LogP contribution in [0.15, 0.2) is 66.7 Å². The van der Waals surface area contributed by atoms with Crippen LogP contribution in [-0.4, -0.2) is 35.9 Å². The van der Waals surface area contributed by atoms with E-state index in [2.05, 4.69) is 0 Å². The van der Waals surface area contributed by atoms with Gasteiger partial charge in [-0.1, -0.05) is 60.7 Å². The molecule has 0 aliphatic carbocycles. The van der Waals surface area contributed by atoms with Gasteiger partial charge in [-0.15, -0.1) is 0 Å². The number of rotatable bonds is 3. The average Bonchev–Trinajstić information content (AvgIpc) is 3.14. The highest BCUT2D eigenvalue weighted by Crippen LogP contribution is 2.38. The van der Waals surface area contributed by atoms with Crippen LogP contribution in [0.25, 0.3) is 6.08 Å². The summed E-state index contributed by atoms with van der Waals surface area (Å²) in [6.45, 7) is 0. The summed E-state index contributed by atoms with van der Waals surface area (Å²) in [5.41, 5.74) is 1.85. The summed E-state index contributed by atoms with van der Waals surface area (Å²) in [6.07, 6.45) is 3.14. The molecule has 2 saturated heterocycles. The quantitative estimate of drug-likeness (QED) is 0.809. The molecule has 0 N–H and O–H groups in total. The van der Waals surface area contributed by atoms with Gasteiger partial charge in [-0.05, 0) is 17.7 Å². The standard InChI is InChI=1S/C20H18N2O3/c1-21-19(23)17-16(13-12-14-8-4-2-5-9-14)22(25-18(17)20(21)24)15-10-6-3-7-11-15/h2-13,16-18H,1H3/b13-12+/t16-,17+,18-/m1/s1. The Morgan fingerprint density at radius 1 is 0.920 bits per heavy atom. The molecule has 3 atom stereocenters. The third-order valence-electron chi connectivity index (χ3n) is 4.68. The minimum atomic E-state index is -0.761. The van der Waals surface area contributed by atoms with Crippen molar-refractivity contribution >= 4 is 23.6 Å². The van der Waals surface area contributed by atoms with E-state index in [1.807, 2.05) is 72.8 Å². The monoisotopic (exact) mass is 334 g/mol. The smallest absolute Gasteiger partial charge is 0.261 e. The van der Waals surface area contributed by atoms with Crippen LogP contribution in [-0.2, 0) is 14.4 Å². The Bertz CT molecular complexity index is 819. The first kappa shape index (κ1) is 15.6. The van der Waals surface area contributed by atoms with Gasteiger partial charge in [-0.25, -0.2) is 5.06 Å². The minimum Gasteiger partial charge on any atom is -0.283 e. The van der Waals surface area contributed by atoms with Crippen LogP contribution in [0.1, 0.15) is 5.56 Å². The molecule has 0 spiro atoms. The van der Waals surface area contributed by atoms with Gasteiger partial charge in [0.25, 0.3) is 5.91 Å². The van der Waals surface area contributed by atoms with Crippen LogP contribution in [0.3, 0.4) is 0 Å². The number of carbonyl (C=O) groups is 2. The summed E-state index contributed by atoms with van der Waals surface area (Å²) < 4.78 is 0. The van der Waals surface area contributed by atoms with E-state index >= 15 is 0 Å². The summed E-state index contributed by atoms with van der Waals surface area (Å²) in [5, 5.41) is 1.68. The fraction of sp³-hybridized carbons (Fsp3) is 0.200. The first-order valence-electron chi connectivity index (χ1n) is 8.22. The fourth-order valence-corrected chi connectivity index (χ4v) is 3.36. The number of hydrogen-bond acceptors (Lipinski definition) is 4. The molecule has 2 aliphatic rings. The molecule has 0 bridgehead atoms. The Morgan fingerprint density at radius 2 is 1.56 bits per heavy atom. The Hall–Kier alpha value is -2.92. The molecule has 2 heterocycles. The number of carbonyl (C=O) groups excluding carboxylic acids is 2. The number of imide groups is 1. The van der Waals surface area contributed by atoms with Crippen molar-refractivity contribution in [1.29, 1.82) is 0 Å². The van der Waals surface area contributed by atoms with Gasteiger partial charge in [0.2, 0.25) is 5.91 Å². The lowest BCUT2D eigenvalue weighted by Gasteiger charge is -2.25. The van der Waals surface area contributed by atoms with E-state index in [1.165, 1.54) is 11.9 Å². The largest absolute Gasteiger partial charge is 0.283 e. The molecule has 0 unspecified atom stereocenters. The lowest BCUT2D eigenvalue weighted by Crippen LogP contribution is -2.37. The van der Waals surface area contributed by atoms with Crippen LogP contribution in [0.2, 0.25) is 0 Å². The highest BCUT2D eigenvalue weighted by Gasteiger charge is 2.57. The molecular formula is C20H18N2O3. The number of likely N-dealkylation sites (N-methyl/N-ethyl adjacent to an activating group) is 1. The molecule has 4 rings (SSSR count). The number of hydroxylamine groups is 1. The second-order valence-electron chi connectivity index (χ2n) is 6.21. The number of hydrogen-bond donors (Lipinski definition) is 0. The molecule has 2 aliphatic heterocycles. The van der Waals surface area contributed by atoms with Crippen molar-refractivity contribution in [2.45, 2.75) is 12.1 Å². The lowest BCUT2D eigenvalue weighted by molar-refractivity contribution is -0.141. The predicted octanol–water partition coefficient (Wildman–Crippen LogP) is 2.50. The second-order valence-corrected chi connectivity index (χ2v) is 6.21. The van der Waals surface area contributed by atoms with Crippen LogP contribution in [0.4, 0.5) is 5.69 Å². The van der Waals surface area contributed by atoms with E-state index in [1.54, 1.807) is 5.06 Å². The molecular weight excluding hydrogens is 316 g/mol. The molecule has 0 radical (unpaired) electrons. The molecule has 0 saturated carbocycles. The van der Waals surface area contributed by atoms with Gasteiger partial charge in [-0.3, -0.25) is 19.3 Å². The molecule has 5 nitrogen and oxygen atoms in total. The molecule has 2 aromatic carbocycles. The number of para-hydroxylation sites is 1. The highest BCUT2D eigenvalue weighted by atomic mass is 16.7. The van der Waals surface area contributed by atoms with Gasteiger partial charge in [-0.2, -0.15) is 0 Å². The minimum absolute atomic E-state index is 0.198. The Balaban J connectivity index is 1.71. The Morgan fingerprint density at radius 3 is 2.24 bits per heavy atom. The van der Waals surface area contributed by atoms with Crippen LogP contribution in [0, 0.1) is 5.92 Å². The Labute approximate surface area is 146 Å². The highest BCUT2D eigenvalue weighted by molar-refractivity contribution is 6.07. The van der Waals surface area contributed by atoms with Crippen LogP contribution in [0.5, 0.6) is 0 Å². The zero-order valence-corrected chi connectivity index (χ0v) is 13.8. The first-order chi connectivity index (χ1) is 12.2. The van der Waals surface area contributed by atoms with Crippen molar-refractivity contribution in [3.8, 4) is 0 Å². The summed E-state index contributed by atoms with van der Waals surface area (Å²) in [4.78, 5) is 31.9. The lowest BCUT2D eigenvalue weighted by atomic mass is 9.95. The van der Waals surface area contributed by atoms with Crippen molar-refractivity contribution in [1.82, 2.24) is 4.90 Å².